The Morgan fingerprint density at radius 2 is 1.70 bits per heavy atom. The van der Waals surface area contributed by atoms with Crippen LogP contribution in [0.3, 0.4) is 0 Å². The molecule has 0 aliphatic heterocycles. The lowest BCUT2D eigenvalue weighted by molar-refractivity contribution is 0.407. The summed E-state index contributed by atoms with van der Waals surface area (Å²) in [6, 6.07) is 9.02. The van der Waals surface area contributed by atoms with E-state index in [0.717, 1.165) is 17.7 Å². The molecule has 0 aliphatic rings. The molecule has 0 bridgehead atoms. The van der Waals surface area contributed by atoms with Crippen LogP contribution < -0.4 is 9.47 Å². The summed E-state index contributed by atoms with van der Waals surface area (Å²) in [6.07, 6.45) is 1.56. The molecule has 1 unspecified atom stereocenters. The molecule has 11 nitrogen and oxygen atoms in total. The maximum atomic E-state index is 13.9. The molecule has 4 aromatic rings. The number of ether oxygens (including phenoxy) is 2. The first-order valence-electron chi connectivity index (χ1n) is 10.7. The molecule has 1 atom stereocenters. The van der Waals surface area contributed by atoms with Crippen LogP contribution in [0.15, 0.2) is 63.6 Å². The molecule has 196 valence electrons. The number of hydrogen-bond acceptors (Lipinski definition) is 9. The number of aryl methyl sites for hydroxylation is 1. The maximum absolute atomic E-state index is 13.9. The van der Waals surface area contributed by atoms with Crippen molar-refractivity contribution < 1.29 is 35.4 Å². The SMILES string of the molecule is COc1ccc2nc([S+]([O-])Cc3ncc(C)c(OC)c3C)n(S(=O)(=O)c3ccccc3S(=O)(=O)O)c2c1. The van der Waals surface area contributed by atoms with Gasteiger partial charge in [-0.3, -0.25) is 9.54 Å². The van der Waals surface area contributed by atoms with Crippen molar-refractivity contribution in [1.29, 1.82) is 0 Å². The van der Waals surface area contributed by atoms with Crippen LogP contribution in [-0.2, 0) is 37.1 Å². The molecule has 2 aromatic carbocycles. The van der Waals surface area contributed by atoms with Gasteiger partial charge in [-0.05, 0) is 38.1 Å². The Morgan fingerprint density at radius 1 is 1.03 bits per heavy atom. The van der Waals surface area contributed by atoms with Gasteiger partial charge in [-0.2, -0.15) is 17.4 Å². The lowest BCUT2D eigenvalue weighted by atomic mass is 10.1. The summed E-state index contributed by atoms with van der Waals surface area (Å²) >= 11 is -2.06. The molecule has 37 heavy (non-hydrogen) atoms. The lowest BCUT2D eigenvalue weighted by Gasteiger charge is -2.16. The Bertz CT molecular complexity index is 1720. The van der Waals surface area contributed by atoms with Crippen LogP contribution >= 0.6 is 0 Å². The van der Waals surface area contributed by atoms with E-state index in [1.807, 2.05) is 6.92 Å². The van der Waals surface area contributed by atoms with E-state index in [4.69, 9.17) is 9.47 Å². The second-order valence-electron chi connectivity index (χ2n) is 7.98. The van der Waals surface area contributed by atoms with Gasteiger partial charge in [0.15, 0.2) is 5.75 Å². The van der Waals surface area contributed by atoms with Gasteiger partial charge in [0.05, 0.1) is 30.9 Å². The first kappa shape index (κ1) is 26.9. The highest BCUT2D eigenvalue weighted by Gasteiger charge is 2.35. The van der Waals surface area contributed by atoms with Gasteiger partial charge in [0.2, 0.25) is 0 Å². The van der Waals surface area contributed by atoms with Crippen molar-refractivity contribution in [3.63, 3.8) is 0 Å². The van der Waals surface area contributed by atoms with Crippen molar-refractivity contribution in [1.82, 2.24) is 13.9 Å². The minimum Gasteiger partial charge on any atom is -0.609 e. The van der Waals surface area contributed by atoms with E-state index in [9.17, 15) is 25.9 Å². The average molecular weight is 566 g/mol. The van der Waals surface area contributed by atoms with Crippen molar-refractivity contribution in [3.05, 3.63) is 65.5 Å². The monoisotopic (exact) mass is 565 g/mol. The number of imidazole rings is 1. The van der Waals surface area contributed by atoms with Crippen molar-refractivity contribution in [2.75, 3.05) is 14.2 Å². The molecule has 2 aromatic heterocycles. The van der Waals surface area contributed by atoms with E-state index in [1.54, 1.807) is 19.2 Å². The van der Waals surface area contributed by atoms with Gasteiger partial charge in [-0.1, -0.05) is 12.1 Å². The molecular formula is C23H23N3O8S3. The fraction of sp³-hybridized carbons (Fsp3) is 0.217. The van der Waals surface area contributed by atoms with Crippen molar-refractivity contribution in [2.24, 2.45) is 0 Å². The molecule has 0 spiro atoms. The fourth-order valence-electron chi connectivity index (χ4n) is 3.89. The van der Waals surface area contributed by atoms with Gasteiger partial charge in [0.1, 0.15) is 21.3 Å². The second-order valence-corrected chi connectivity index (χ2v) is 12.5. The maximum Gasteiger partial charge on any atom is 0.338 e. The predicted octanol–water partition coefficient (Wildman–Crippen LogP) is 2.86. The molecule has 2 heterocycles. The highest BCUT2D eigenvalue weighted by molar-refractivity contribution is 7.94. The Balaban J connectivity index is 1.96. The number of fused-ring (bicyclic) bond motifs is 1. The zero-order chi connectivity index (χ0) is 27.1. The molecule has 0 fully saturated rings. The zero-order valence-corrected chi connectivity index (χ0v) is 22.6. The minimum absolute atomic E-state index is 0.0130. The third-order valence-electron chi connectivity index (χ3n) is 5.66. The number of benzene rings is 2. The number of aromatic nitrogens is 3. The molecule has 4 rings (SSSR count). The molecule has 1 N–H and O–H groups in total. The number of rotatable bonds is 8. The van der Waals surface area contributed by atoms with E-state index in [0.29, 0.717) is 26.7 Å². The van der Waals surface area contributed by atoms with Crippen LogP contribution in [0.2, 0.25) is 0 Å². The minimum atomic E-state index is -4.91. The predicted molar refractivity (Wildman–Crippen MR) is 136 cm³/mol. The molecule has 0 saturated heterocycles. The first-order chi connectivity index (χ1) is 17.4. The number of hydrogen-bond donors (Lipinski definition) is 1. The summed E-state index contributed by atoms with van der Waals surface area (Å²) < 4.78 is 86.4. The van der Waals surface area contributed by atoms with Crippen molar-refractivity contribution in [3.8, 4) is 11.5 Å². The van der Waals surface area contributed by atoms with Gasteiger partial charge < -0.3 is 14.0 Å². The topological polar surface area (TPSA) is 161 Å². The highest BCUT2D eigenvalue weighted by Crippen LogP contribution is 2.33. The van der Waals surface area contributed by atoms with Gasteiger partial charge in [0, 0.05) is 34.6 Å². The van der Waals surface area contributed by atoms with Crippen LogP contribution in [0.25, 0.3) is 11.0 Å². The molecule has 14 heteroatoms. The third kappa shape index (κ3) is 4.90. The standard InChI is InChI=1S/C23H23N3O8S3/c1-14-12-24-18(15(2)22(14)34-4)13-35(27)23-25-17-10-9-16(33-3)11-19(17)26(23)36(28,29)20-7-5-6-8-21(20)37(30,31)32/h5-12H,13H2,1-4H3,(H,30,31,32). The summed E-state index contributed by atoms with van der Waals surface area (Å²) in [4.78, 5) is 7.13. The highest BCUT2D eigenvalue weighted by atomic mass is 32.2. The summed E-state index contributed by atoms with van der Waals surface area (Å²) in [5.74, 6) is 0.665. The molecule has 0 radical (unpaired) electrons. The molecule has 0 aliphatic carbocycles. The Kier molecular flexibility index (Phi) is 7.23. The number of methoxy groups -OCH3 is 2. The third-order valence-corrected chi connectivity index (χ3v) is 9.79. The van der Waals surface area contributed by atoms with E-state index in [-0.39, 0.29) is 21.9 Å². The van der Waals surface area contributed by atoms with Gasteiger partial charge >= 0.3 is 5.16 Å². The summed E-state index contributed by atoms with van der Waals surface area (Å²) in [6.45, 7) is 3.56. The van der Waals surface area contributed by atoms with Crippen LogP contribution in [-0.4, -0.2) is 54.1 Å². The quantitative estimate of drug-likeness (QED) is 0.248. The Hall–Kier alpha value is -3.17. The van der Waals surface area contributed by atoms with Crippen LogP contribution in [0.4, 0.5) is 0 Å². The van der Waals surface area contributed by atoms with Gasteiger partial charge in [-0.15, -0.1) is 0 Å². The lowest BCUT2D eigenvalue weighted by Crippen LogP contribution is -2.22. The number of nitrogens with zero attached hydrogens (tertiary/aromatic N) is 3. The second kappa shape index (κ2) is 9.95. The van der Waals surface area contributed by atoms with Crippen LogP contribution in [0, 0.1) is 13.8 Å². The van der Waals surface area contributed by atoms with Gasteiger partial charge in [0.25, 0.3) is 20.1 Å². The smallest absolute Gasteiger partial charge is 0.338 e. The fourth-order valence-corrected chi connectivity index (χ4v) is 8.22. The van der Waals surface area contributed by atoms with E-state index < -0.39 is 41.1 Å². The molecule has 0 amide bonds. The molecule has 0 saturated carbocycles. The summed E-state index contributed by atoms with van der Waals surface area (Å²) in [5, 5.41) is -0.353. The average Bonchev–Trinajstić information content (AvgIpc) is 3.25. The number of pyridine rings is 1. The Labute approximate surface area is 217 Å². The normalized spacial score (nSPS) is 13.0. The first-order valence-corrected chi connectivity index (χ1v) is 14.9. The summed E-state index contributed by atoms with van der Waals surface area (Å²) in [5.41, 5.74) is 2.02. The summed E-state index contributed by atoms with van der Waals surface area (Å²) in [7, 11) is -6.75. The Morgan fingerprint density at radius 3 is 2.32 bits per heavy atom. The van der Waals surface area contributed by atoms with Crippen molar-refractivity contribution >= 4 is 42.4 Å². The van der Waals surface area contributed by atoms with Crippen LogP contribution in [0.1, 0.15) is 16.8 Å². The zero-order valence-electron chi connectivity index (χ0n) is 20.2. The molecular weight excluding hydrogens is 542 g/mol. The van der Waals surface area contributed by atoms with E-state index in [2.05, 4.69) is 9.97 Å². The van der Waals surface area contributed by atoms with Gasteiger partial charge in [-0.25, -0.2) is 8.42 Å². The van der Waals surface area contributed by atoms with E-state index in [1.165, 1.54) is 38.5 Å². The van der Waals surface area contributed by atoms with Crippen LogP contribution in [0.5, 0.6) is 11.5 Å². The largest absolute Gasteiger partial charge is 0.609 e. The van der Waals surface area contributed by atoms with Crippen molar-refractivity contribution in [2.45, 2.75) is 34.5 Å². The van der Waals surface area contributed by atoms with E-state index >= 15 is 0 Å².